The maximum absolute atomic E-state index is 12.2. The molecule has 132 valence electrons. The van der Waals surface area contributed by atoms with Crippen molar-refractivity contribution < 1.29 is 14.3 Å². The zero-order valence-electron chi connectivity index (χ0n) is 14.5. The minimum atomic E-state index is -0.466. The molecule has 0 saturated carbocycles. The zero-order valence-corrected chi connectivity index (χ0v) is 16.1. The smallest absolute Gasteiger partial charge is 0.410 e. The molecule has 1 heterocycles. The lowest BCUT2D eigenvalue weighted by molar-refractivity contribution is 0.0183. The largest absolute Gasteiger partial charge is 0.444 e. The molecule has 0 atom stereocenters. The summed E-state index contributed by atoms with van der Waals surface area (Å²) in [6, 6.07) is 7.34. The standard InChI is InChI=1S/C18H25BrN2O3/c1-18(2,3)24-17(23)21-9-7-13(8-10-21)12-20-16(22)14-5-4-6-15(19)11-14/h4-6,11,13H,7-10,12H2,1-3H3,(H,20,22). The number of hydrogen-bond donors (Lipinski definition) is 1. The third kappa shape index (κ3) is 5.82. The number of benzene rings is 1. The molecule has 6 heteroatoms. The number of piperidine rings is 1. The second-order valence-electron chi connectivity index (χ2n) is 7.13. The Morgan fingerprint density at radius 2 is 1.96 bits per heavy atom. The summed E-state index contributed by atoms with van der Waals surface area (Å²) in [5.74, 6) is 0.325. The van der Waals surface area contributed by atoms with E-state index in [4.69, 9.17) is 4.74 Å². The van der Waals surface area contributed by atoms with Gasteiger partial charge in [0.25, 0.3) is 5.91 Å². The first-order chi connectivity index (χ1) is 11.2. The highest BCUT2D eigenvalue weighted by Crippen LogP contribution is 2.19. The fourth-order valence-electron chi connectivity index (χ4n) is 2.61. The Kier molecular flexibility index (Phi) is 6.27. The summed E-state index contributed by atoms with van der Waals surface area (Å²) < 4.78 is 6.28. The van der Waals surface area contributed by atoms with Gasteiger partial charge in [0.15, 0.2) is 0 Å². The molecule has 24 heavy (non-hydrogen) atoms. The number of ether oxygens (including phenoxy) is 1. The molecule has 1 aliphatic heterocycles. The van der Waals surface area contributed by atoms with Crippen molar-refractivity contribution >= 4 is 27.9 Å². The SMILES string of the molecule is CC(C)(C)OC(=O)N1CCC(CNC(=O)c2cccc(Br)c2)CC1. The first kappa shape index (κ1) is 18.8. The van der Waals surface area contributed by atoms with Crippen LogP contribution in [0.5, 0.6) is 0 Å². The average Bonchev–Trinajstić information content (AvgIpc) is 2.51. The van der Waals surface area contributed by atoms with E-state index in [0.717, 1.165) is 17.3 Å². The fraction of sp³-hybridized carbons (Fsp3) is 0.556. The van der Waals surface area contributed by atoms with Crippen LogP contribution in [0.15, 0.2) is 28.7 Å². The summed E-state index contributed by atoms with van der Waals surface area (Å²) in [6.45, 7) is 7.59. The van der Waals surface area contributed by atoms with Crippen LogP contribution in [0.2, 0.25) is 0 Å². The molecule has 0 aliphatic carbocycles. The summed E-state index contributed by atoms with van der Waals surface area (Å²) in [6.07, 6.45) is 1.50. The molecule has 1 saturated heterocycles. The number of hydrogen-bond acceptors (Lipinski definition) is 3. The van der Waals surface area contributed by atoms with E-state index in [9.17, 15) is 9.59 Å². The van der Waals surface area contributed by atoms with Gasteiger partial charge >= 0.3 is 6.09 Å². The van der Waals surface area contributed by atoms with Crippen LogP contribution >= 0.6 is 15.9 Å². The van der Waals surface area contributed by atoms with Crippen LogP contribution in [0.4, 0.5) is 4.79 Å². The number of rotatable bonds is 3. The van der Waals surface area contributed by atoms with Gasteiger partial charge in [-0.1, -0.05) is 22.0 Å². The molecule has 2 amide bonds. The van der Waals surface area contributed by atoms with Crippen molar-refractivity contribution in [2.45, 2.75) is 39.2 Å². The predicted molar refractivity (Wildman–Crippen MR) is 97.0 cm³/mol. The number of halogens is 1. The van der Waals surface area contributed by atoms with Crippen LogP contribution in [0.25, 0.3) is 0 Å². The molecule has 0 unspecified atom stereocenters. The normalized spacial score (nSPS) is 15.9. The highest BCUT2D eigenvalue weighted by Gasteiger charge is 2.27. The lowest BCUT2D eigenvalue weighted by Crippen LogP contribution is -2.43. The van der Waals surface area contributed by atoms with E-state index < -0.39 is 5.60 Å². The van der Waals surface area contributed by atoms with E-state index in [2.05, 4.69) is 21.2 Å². The maximum Gasteiger partial charge on any atom is 0.410 e. The molecule has 0 aromatic heterocycles. The molecule has 1 aromatic carbocycles. The Balaban J connectivity index is 1.75. The molecular formula is C18H25BrN2O3. The highest BCUT2D eigenvalue weighted by atomic mass is 79.9. The van der Waals surface area contributed by atoms with Gasteiger partial charge in [0, 0.05) is 29.7 Å². The van der Waals surface area contributed by atoms with Crippen molar-refractivity contribution in [1.82, 2.24) is 10.2 Å². The summed E-state index contributed by atoms with van der Waals surface area (Å²) in [4.78, 5) is 25.9. The Morgan fingerprint density at radius 3 is 2.54 bits per heavy atom. The lowest BCUT2D eigenvalue weighted by Gasteiger charge is -2.33. The molecular weight excluding hydrogens is 372 g/mol. The number of likely N-dealkylation sites (tertiary alicyclic amines) is 1. The van der Waals surface area contributed by atoms with E-state index >= 15 is 0 Å². The summed E-state index contributed by atoms with van der Waals surface area (Å²) in [5.41, 5.74) is 0.182. The fourth-order valence-corrected chi connectivity index (χ4v) is 3.01. The van der Waals surface area contributed by atoms with E-state index in [0.29, 0.717) is 31.1 Å². The van der Waals surface area contributed by atoms with Crippen LogP contribution in [-0.2, 0) is 4.74 Å². The third-order valence-electron chi connectivity index (χ3n) is 3.90. The molecule has 0 bridgehead atoms. The quantitative estimate of drug-likeness (QED) is 0.844. The minimum Gasteiger partial charge on any atom is -0.444 e. The number of nitrogens with zero attached hydrogens (tertiary/aromatic N) is 1. The lowest BCUT2D eigenvalue weighted by atomic mass is 9.97. The average molecular weight is 397 g/mol. The van der Waals surface area contributed by atoms with E-state index in [1.807, 2.05) is 32.9 Å². The van der Waals surface area contributed by atoms with Crippen molar-refractivity contribution in [3.8, 4) is 0 Å². The zero-order chi connectivity index (χ0) is 17.7. The third-order valence-corrected chi connectivity index (χ3v) is 4.40. The first-order valence-corrected chi connectivity index (χ1v) is 9.05. The van der Waals surface area contributed by atoms with Gasteiger partial charge in [0.2, 0.25) is 0 Å². The molecule has 0 radical (unpaired) electrons. The highest BCUT2D eigenvalue weighted by molar-refractivity contribution is 9.10. The molecule has 5 nitrogen and oxygen atoms in total. The van der Waals surface area contributed by atoms with Gasteiger partial charge in [-0.3, -0.25) is 4.79 Å². The number of carbonyl (C=O) groups excluding carboxylic acids is 2. The van der Waals surface area contributed by atoms with Gasteiger partial charge in [-0.15, -0.1) is 0 Å². The Hall–Kier alpha value is -1.56. The maximum atomic E-state index is 12.2. The molecule has 1 N–H and O–H groups in total. The van der Waals surface area contributed by atoms with Crippen LogP contribution in [0, 0.1) is 5.92 Å². The molecule has 0 spiro atoms. The Bertz CT molecular complexity index is 590. The van der Waals surface area contributed by atoms with Crippen molar-refractivity contribution in [2.75, 3.05) is 19.6 Å². The van der Waals surface area contributed by atoms with Crippen molar-refractivity contribution in [2.24, 2.45) is 5.92 Å². The summed E-state index contributed by atoms with van der Waals surface area (Å²) in [5, 5.41) is 2.98. The monoisotopic (exact) mass is 396 g/mol. The van der Waals surface area contributed by atoms with Gasteiger partial charge < -0.3 is 15.0 Å². The van der Waals surface area contributed by atoms with Crippen molar-refractivity contribution in [3.63, 3.8) is 0 Å². The van der Waals surface area contributed by atoms with Gasteiger partial charge in [-0.25, -0.2) is 4.79 Å². The topological polar surface area (TPSA) is 58.6 Å². The van der Waals surface area contributed by atoms with Gasteiger partial charge in [0.05, 0.1) is 0 Å². The summed E-state index contributed by atoms with van der Waals surface area (Å²) >= 11 is 3.37. The van der Waals surface area contributed by atoms with E-state index in [1.165, 1.54) is 0 Å². The molecule has 1 aromatic rings. The van der Waals surface area contributed by atoms with Crippen molar-refractivity contribution in [1.29, 1.82) is 0 Å². The summed E-state index contributed by atoms with van der Waals surface area (Å²) in [7, 11) is 0. The molecule has 1 aliphatic rings. The first-order valence-electron chi connectivity index (χ1n) is 8.26. The molecule has 2 rings (SSSR count). The molecule has 1 fully saturated rings. The van der Waals surface area contributed by atoms with Crippen LogP contribution < -0.4 is 5.32 Å². The minimum absolute atomic E-state index is 0.0640. The number of carbonyl (C=O) groups is 2. The second kappa shape index (κ2) is 8.01. The van der Waals surface area contributed by atoms with Crippen molar-refractivity contribution in [3.05, 3.63) is 34.3 Å². The van der Waals surface area contributed by atoms with E-state index in [1.54, 1.807) is 17.0 Å². The second-order valence-corrected chi connectivity index (χ2v) is 8.05. The Labute approximate surface area is 151 Å². The Morgan fingerprint density at radius 1 is 1.29 bits per heavy atom. The van der Waals surface area contributed by atoms with Gasteiger partial charge in [-0.2, -0.15) is 0 Å². The van der Waals surface area contributed by atoms with Crippen LogP contribution in [-0.4, -0.2) is 42.1 Å². The van der Waals surface area contributed by atoms with Gasteiger partial charge in [-0.05, 0) is 57.7 Å². The number of nitrogens with one attached hydrogen (secondary N) is 1. The van der Waals surface area contributed by atoms with Crippen LogP contribution in [0.3, 0.4) is 0 Å². The van der Waals surface area contributed by atoms with Crippen LogP contribution in [0.1, 0.15) is 44.0 Å². The predicted octanol–water partition coefficient (Wildman–Crippen LogP) is 3.83. The number of amides is 2. The van der Waals surface area contributed by atoms with Gasteiger partial charge in [0.1, 0.15) is 5.60 Å². The van der Waals surface area contributed by atoms with E-state index in [-0.39, 0.29) is 12.0 Å².